The Morgan fingerprint density at radius 2 is 1.86 bits per heavy atom. The minimum Gasteiger partial charge on any atom is -0.366 e. The second kappa shape index (κ2) is 6.94. The molecule has 5 heteroatoms. The van der Waals surface area contributed by atoms with Crippen LogP contribution in [0.15, 0.2) is 42.5 Å². The molecule has 3 N–H and O–H groups in total. The molecule has 21 heavy (non-hydrogen) atoms. The van der Waals surface area contributed by atoms with Gasteiger partial charge in [0.1, 0.15) is 0 Å². The first-order valence-corrected chi connectivity index (χ1v) is 7.29. The van der Waals surface area contributed by atoms with Crippen molar-refractivity contribution >= 4 is 29.1 Å². The van der Waals surface area contributed by atoms with Crippen molar-refractivity contribution in [1.82, 2.24) is 5.32 Å². The molecule has 110 valence electrons. The quantitative estimate of drug-likeness (QED) is 0.875. The summed E-state index contributed by atoms with van der Waals surface area (Å²) in [5.74, 6) is -0.425. The van der Waals surface area contributed by atoms with Crippen molar-refractivity contribution in [1.29, 1.82) is 0 Å². The molecule has 1 atom stereocenters. The molecule has 0 bridgehead atoms. The Bertz CT molecular complexity index is 638. The van der Waals surface area contributed by atoms with Crippen molar-refractivity contribution in [3.05, 3.63) is 69.2 Å². The third-order valence-electron chi connectivity index (χ3n) is 3.21. The van der Waals surface area contributed by atoms with Crippen molar-refractivity contribution in [2.24, 2.45) is 5.73 Å². The van der Waals surface area contributed by atoms with E-state index in [4.69, 9.17) is 28.9 Å². The summed E-state index contributed by atoms with van der Waals surface area (Å²) in [5.41, 5.74) is 7.79. The zero-order valence-corrected chi connectivity index (χ0v) is 13.1. The van der Waals surface area contributed by atoms with E-state index in [-0.39, 0.29) is 6.04 Å². The molecule has 0 aliphatic carbocycles. The molecule has 0 saturated heterocycles. The maximum atomic E-state index is 11.2. The van der Waals surface area contributed by atoms with Crippen molar-refractivity contribution < 1.29 is 4.79 Å². The molecule has 0 heterocycles. The normalized spacial score (nSPS) is 12.1. The van der Waals surface area contributed by atoms with Crippen LogP contribution in [0.1, 0.15) is 34.5 Å². The number of primary amides is 1. The lowest BCUT2D eigenvalue weighted by molar-refractivity contribution is 0.1000. The molecule has 1 unspecified atom stereocenters. The van der Waals surface area contributed by atoms with Crippen LogP contribution in [-0.4, -0.2) is 5.91 Å². The van der Waals surface area contributed by atoms with E-state index in [0.717, 1.165) is 11.1 Å². The van der Waals surface area contributed by atoms with E-state index in [2.05, 4.69) is 5.32 Å². The van der Waals surface area contributed by atoms with Gasteiger partial charge in [0.25, 0.3) is 0 Å². The molecule has 2 rings (SSSR count). The maximum absolute atomic E-state index is 11.2. The topological polar surface area (TPSA) is 55.1 Å². The lowest BCUT2D eigenvalue weighted by Gasteiger charge is -2.15. The van der Waals surface area contributed by atoms with Gasteiger partial charge in [-0.25, -0.2) is 0 Å². The van der Waals surface area contributed by atoms with Crippen molar-refractivity contribution in [3.8, 4) is 0 Å². The number of hydrogen-bond acceptors (Lipinski definition) is 2. The van der Waals surface area contributed by atoms with Crippen LogP contribution < -0.4 is 11.1 Å². The lowest BCUT2D eigenvalue weighted by atomic mass is 10.1. The van der Waals surface area contributed by atoms with Gasteiger partial charge in [0.2, 0.25) is 5.91 Å². The van der Waals surface area contributed by atoms with Crippen molar-refractivity contribution in [2.45, 2.75) is 19.5 Å². The van der Waals surface area contributed by atoms with Gasteiger partial charge < -0.3 is 11.1 Å². The minimum absolute atomic E-state index is 0.0819. The first kappa shape index (κ1) is 15.8. The van der Waals surface area contributed by atoms with Crippen molar-refractivity contribution in [2.75, 3.05) is 0 Å². The summed E-state index contributed by atoms with van der Waals surface area (Å²) in [6, 6.07) is 12.8. The Morgan fingerprint density at radius 1 is 1.19 bits per heavy atom. The first-order chi connectivity index (χ1) is 9.95. The summed E-state index contributed by atoms with van der Waals surface area (Å²) in [6.07, 6.45) is 0. The molecular formula is C16H16Cl2N2O. The molecule has 0 saturated carbocycles. The summed E-state index contributed by atoms with van der Waals surface area (Å²) < 4.78 is 0. The highest BCUT2D eigenvalue weighted by Crippen LogP contribution is 2.23. The van der Waals surface area contributed by atoms with Crippen LogP contribution in [0, 0.1) is 0 Å². The fraction of sp³-hybridized carbons (Fsp3) is 0.188. The summed E-state index contributed by atoms with van der Waals surface area (Å²) in [6.45, 7) is 2.65. The Labute approximate surface area is 134 Å². The van der Waals surface area contributed by atoms with Gasteiger partial charge in [0.05, 0.1) is 0 Å². The molecule has 3 nitrogen and oxygen atoms in total. The van der Waals surface area contributed by atoms with Crippen LogP contribution in [0.2, 0.25) is 10.0 Å². The SMILES string of the molecule is CC(NCc1cccc(C(N)=O)c1)c1cc(Cl)cc(Cl)c1. The number of carbonyl (C=O) groups is 1. The number of amides is 1. The second-order valence-electron chi connectivity index (χ2n) is 4.87. The van der Waals surface area contributed by atoms with Gasteiger partial charge in [0.15, 0.2) is 0 Å². The van der Waals surface area contributed by atoms with Crippen LogP contribution in [-0.2, 0) is 6.54 Å². The molecule has 2 aromatic carbocycles. The van der Waals surface area contributed by atoms with Crippen LogP contribution in [0.5, 0.6) is 0 Å². The number of carbonyl (C=O) groups excluding carboxylic acids is 1. The van der Waals surface area contributed by atoms with Gasteiger partial charge in [-0.05, 0) is 48.4 Å². The van der Waals surface area contributed by atoms with E-state index in [0.29, 0.717) is 22.2 Å². The number of nitrogens with one attached hydrogen (secondary N) is 1. The van der Waals surface area contributed by atoms with Crippen molar-refractivity contribution in [3.63, 3.8) is 0 Å². The molecule has 2 aromatic rings. The zero-order chi connectivity index (χ0) is 15.4. The minimum atomic E-state index is -0.425. The van der Waals surface area contributed by atoms with E-state index in [1.165, 1.54) is 0 Å². The number of halogens is 2. The molecule has 1 amide bonds. The molecule has 0 aromatic heterocycles. The van der Waals surface area contributed by atoms with Crippen LogP contribution in [0.25, 0.3) is 0 Å². The predicted octanol–water partition coefficient (Wildman–Crippen LogP) is 3.94. The summed E-state index contributed by atoms with van der Waals surface area (Å²) in [5, 5.41) is 4.59. The molecule has 0 aliphatic rings. The molecule has 0 spiro atoms. The van der Waals surface area contributed by atoms with Crippen LogP contribution >= 0.6 is 23.2 Å². The summed E-state index contributed by atoms with van der Waals surface area (Å²) in [4.78, 5) is 11.2. The molecule has 0 aliphatic heterocycles. The first-order valence-electron chi connectivity index (χ1n) is 6.54. The van der Waals surface area contributed by atoms with Crippen LogP contribution in [0.3, 0.4) is 0 Å². The van der Waals surface area contributed by atoms with E-state index >= 15 is 0 Å². The summed E-state index contributed by atoms with van der Waals surface area (Å²) in [7, 11) is 0. The summed E-state index contributed by atoms with van der Waals surface area (Å²) >= 11 is 12.0. The lowest BCUT2D eigenvalue weighted by Crippen LogP contribution is -2.19. The Kier molecular flexibility index (Phi) is 5.23. The third kappa shape index (κ3) is 4.46. The Balaban J connectivity index is 2.05. The number of rotatable bonds is 5. The fourth-order valence-corrected chi connectivity index (χ4v) is 2.59. The van der Waals surface area contributed by atoms with Gasteiger partial charge >= 0.3 is 0 Å². The van der Waals surface area contributed by atoms with Crippen LogP contribution in [0.4, 0.5) is 0 Å². The average Bonchev–Trinajstić information content (AvgIpc) is 2.44. The van der Waals surface area contributed by atoms with E-state index < -0.39 is 5.91 Å². The second-order valence-corrected chi connectivity index (χ2v) is 5.74. The molecule has 0 fully saturated rings. The van der Waals surface area contributed by atoms with E-state index in [9.17, 15) is 4.79 Å². The third-order valence-corrected chi connectivity index (χ3v) is 3.65. The number of nitrogens with two attached hydrogens (primary N) is 1. The Hall–Kier alpha value is -1.55. The van der Waals surface area contributed by atoms with E-state index in [1.807, 2.05) is 31.2 Å². The fourth-order valence-electron chi connectivity index (χ4n) is 2.05. The zero-order valence-electron chi connectivity index (χ0n) is 11.6. The Morgan fingerprint density at radius 3 is 2.48 bits per heavy atom. The molecule has 0 radical (unpaired) electrons. The predicted molar refractivity (Wildman–Crippen MR) is 86.7 cm³/mol. The monoisotopic (exact) mass is 322 g/mol. The average molecular weight is 323 g/mol. The maximum Gasteiger partial charge on any atom is 0.248 e. The number of benzene rings is 2. The van der Waals surface area contributed by atoms with Gasteiger partial charge in [-0.2, -0.15) is 0 Å². The number of hydrogen-bond donors (Lipinski definition) is 2. The van der Waals surface area contributed by atoms with Gasteiger partial charge in [-0.1, -0.05) is 35.3 Å². The van der Waals surface area contributed by atoms with E-state index in [1.54, 1.807) is 18.2 Å². The largest absolute Gasteiger partial charge is 0.366 e. The highest BCUT2D eigenvalue weighted by Gasteiger charge is 2.08. The molecular weight excluding hydrogens is 307 g/mol. The van der Waals surface area contributed by atoms with Gasteiger partial charge in [0, 0.05) is 28.2 Å². The van der Waals surface area contributed by atoms with Gasteiger partial charge in [-0.15, -0.1) is 0 Å². The standard InChI is InChI=1S/C16H16Cl2N2O/c1-10(13-6-14(17)8-15(18)7-13)20-9-11-3-2-4-12(5-11)16(19)21/h2-8,10,20H,9H2,1H3,(H2,19,21). The highest BCUT2D eigenvalue weighted by atomic mass is 35.5. The van der Waals surface area contributed by atoms with Gasteiger partial charge in [-0.3, -0.25) is 4.79 Å². The smallest absolute Gasteiger partial charge is 0.248 e. The highest BCUT2D eigenvalue weighted by molar-refractivity contribution is 6.34.